The van der Waals surface area contributed by atoms with Crippen LogP contribution in [0.1, 0.15) is 13.8 Å². The standard InChI is InChI=1S/C9H13N3O4/c1-9(2,8(15)16)7(14)10-5-4-12(3)11-6(5)13/h4H,1-3H3,(H,10,14)(H,11,13)(H,15,16). The van der Waals surface area contributed by atoms with Crippen molar-refractivity contribution in [2.24, 2.45) is 12.5 Å². The van der Waals surface area contributed by atoms with Crippen molar-refractivity contribution in [1.82, 2.24) is 9.78 Å². The van der Waals surface area contributed by atoms with Crippen LogP contribution in [-0.2, 0) is 16.6 Å². The predicted octanol–water partition coefficient (Wildman–Crippen LogP) is -0.237. The van der Waals surface area contributed by atoms with E-state index in [1.54, 1.807) is 7.05 Å². The average Bonchev–Trinajstić information content (AvgIpc) is 2.44. The van der Waals surface area contributed by atoms with Crippen LogP contribution in [0.5, 0.6) is 0 Å². The summed E-state index contributed by atoms with van der Waals surface area (Å²) in [6, 6.07) is 0. The van der Waals surface area contributed by atoms with Gasteiger partial charge < -0.3 is 10.4 Å². The number of rotatable bonds is 3. The van der Waals surface area contributed by atoms with Gasteiger partial charge in [-0.2, -0.15) is 0 Å². The van der Waals surface area contributed by atoms with Gasteiger partial charge in [0.2, 0.25) is 5.91 Å². The van der Waals surface area contributed by atoms with E-state index in [2.05, 4.69) is 10.4 Å². The van der Waals surface area contributed by atoms with Crippen LogP contribution in [0.15, 0.2) is 11.0 Å². The van der Waals surface area contributed by atoms with E-state index in [-0.39, 0.29) is 5.69 Å². The number of aryl methyl sites for hydroxylation is 1. The van der Waals surface area contributed by atoms with Gasteiger partial charge in [0, 0.05) is 7.05 Å². The van der Waals surface area contributed by atoms with E-state index in [0.29, 0.717) is 0 Å². The number of carboxylic acid groups (broad SMARTS) is 1. The fourth-order valence-electron chi connectivity index (χ4n) is 0.970. The van der Waals surface area contributed by atoms with Crippen molar-refractivity contribution in [2.75, 3.05) is 5.32 Å². The van der Waals surface area contributed by atoms with Crippen LogP contribution in [0.25, 0.3) is 0 Å². The van der Waals surface area contributed by atoms with Gasteiger partial charge >= 0.3 is 5.97 Å². The lowest BCUT2D eigenvalue weighted by Crippen LogP contribution is -2.38. The first-order valence-corrected chi connectivity index (χ1v) is 4.55. The Bertz CT molecular complexity index is 483. The molecule has 1 amide bonds. The molecule has 1 rings (SSSR count). The normalized spacial score (nSPS) is 11.2. The van der Waals surface area contributed by atoms with E-state index in [1.807, 2.05) is 0 Å². The molecule has 1 heterocycles. The molecule has 16 heavy (non-hydrogen) atoms. The predicted molar refractivity (Wildman–Crippen MR) is 56.1 cm³/mol. The fourth-order valence-corrected chi connectivity index (χ4v) is 0.970. The van der Waals surface area contributed by atoms with E-state index in [4.69, 9.17) is 5.11 Å². The first-order chi connectivity index (χ1) is 7.25. The molecule has 0 unspecified atom stereocenters. The van der Waals surface area contributed by atoms with Crippen LogP contribution >= 0.6 is 0 Å². The maximum absolute atomic E-state index is 11.6. The molecule has 88 valence electrons. The summed E-state index contributed by atoms with van der Waals surface area (Å²) in [5.41, 5.74) is -2.03. The molecular weight excluding hydrogens is 214 g/mol. The molecule has 0 bridgehead atoms. The van der Waals surface area contributed by atoms with Gasteiger partial charge in [0.1, 0.15) is 11.1 Å². The number of carboxylic acids is 1. The second kappa shape index (κ2) is 3.84. The molecule has 1 aromatic heterocycles. The van der Waals surface area contributed by atoms with Gasteiger partial charge in [-0.3, -0.25) is 24.2 Å². The minimum Gasteiger partial charge on any atom is -0.480 e. The fraction of sp³-hybridized carbons (Fsp3) is 0.444. The zero-order valence-electron chi connectivity index (χ0n) is 9.20. The third kappa shape index (κ3) is 2.13. The summed E-state index contributed by atoms with van der Waals surface area (Å²) < 4.78 is 1.37. The van der Waals surface area contributed by atoms with Gasteiger partial charge in [-0.15, -0.1) is 0 Å². The molecule has 0 aliphatic rings. The molecular formula is C9H13N3O4. The summed E-state index contributed by atoms with van der Waals surface area (Å²) in [5, 5.41) is 13.5. The minimum atomic E-state index is -1.58. The summed E-state index contributed by atoms with van der Waals surface area (Å²) in [6.45, 7) is 2.53. The highest BCUT2D eigenvalue weighted by Gasteiger charge is 2.36. The van der Waals surface area contributed by atoms with Crippen LogP contribution in [0.3, 0.4) is 0 Å². The van der Waals surface area contributed by atoms with Gasteiger partial charge in [-0.1, -0.05) is 0 Å². The number of nitrogens with one attached hydrogen (secondary N) is 2. The van der Waals surface area contributed by atoms with E-state index >= 15 is 0 Å². The Kier molecular flexibility index (Phi) is 2.88. The van der Waals surface area contributed by atoms with E-state index in [1.165, 1.54) is 24.7 Å². The Labute approximate surface area is 91.1 Å². The van der Waals surface area contributed by atoms with Crippen LogP contribution in [0.4, 0.5) is 5.69 Å². The summed E-state index contributed by atoms with van der Waals surface area (Å²) in [5.74, 6) is -1.99. The molecule has 0 fully saturated rings. The number of H-pyrrole nitrogens is 1. The minimum absolute atomic E-state index is 0.0295. The topological polar surface area (TPSA) is 104 Å². The quantitative estimate of drug-likeness (QED) is 0.620. The second-order valence-electron chi connectivity index (χ2n) is 3.98. The summed E-state index contributed by atoms with van der Waals surface area (Å²) in [7, 11) is 1.58. The Hall–Kier alpha value is -2.05. The van der Waals surface area contributed by atoms with Crippen molar-refractivity contribution >= 4 is 17.6 Å². The number of anilines is 1. The van der Waals surface area contributed by atoms with Gasteiger partial charge in [0.05, 0.1) is 6.20 Å². The molecule has 0 aliphatic carbocycles. The first kappa shape index (κ1) is 12.0. The molecule has 0 radical (unpaired) electrons. The first-order valence-electron chi connectivity index (χ1n) is 4.55. The summed E-state index contributed by atoms with van der Waals surface area (Å²) >= 11 is 0. The number of carbonyl (C=O) groups excluding carboxylic acids is 1. The third-order valence-corrected chi connectivity index (χ3v) is 2.20. The van der Waals surface area contributed by atoms with Crippen LogP contribution < -0.4 is 10.9 Å². The lowest BCUT2D eigenvalue weighted by molar-refractivity contribution is -0.151. The van der Waals surface area contributed by atoms with Crippen molar-refractivity contribution in [2.45, 2.75) is 13.8 Å². The smallest absolute Gasteiger partial charge is 0.318 e. The molecule has 1 aromatic rings. The Morgan fingerprint density at radius 2 is 2.06 bits per heavy atom. The van der Waals surface area contributed by atoms with Crippen molar-refractivity contribution in [3.63, 3.8) is 0 Å². The number of hydrogen-bond acceptors (Lipinski definition) is 3. The van der Waals surface area contributed by atoms with Crippen LogP contribution in [-0.4, -0.2) is 26.8 Å². The largest absolute Gasteiger partial charge is 0.480 e. The lowest BCUT2D eigenvalue weighted by atomic mass is 9.93. The maximum Gasteiger partial charge on any atom is 0.318 e. The Morgan fingerprint density at radius 3 is 2.44 bits per heavy atom. The number of amides is 1. The van der Waals surface area contributed by atoms with Crippen molar-refractivity contribution in [1.29, 1.82) is 0 Å². The van der Waals surface area contributed by atoms with Gasteiger partial charge in [0.15, 0.2) is 0 Å². The zero-order chi connectivity index (χ0) is 12.5. The highest BCUT2D eigenvalue weighted by molar-refractivity contribution is 6.07. The zero-order valence-corrected chi connectivity index (χ0v) is 9.20. The van der Waals surface area contributed by atoms with Crippen molar-refractivity contribution in [3.05, 3.63) is 16.6 Å². The van der Waals surface area contributed by atoms with Gasteiger partial charge in [-0.05, 0) is 13.8 Å². The van der Waals surface area contributed by atoms with Gasteiger partial charge in [0.25, 0.3) is 5.56 Å². The third-order valence-electron chi connectivity index (χ3n) is 2.20. The Balaban J connectivity index is 2.91. The monoisotopic (exact) mass is 227 g/mol. The number of nitrogens with zero attached hydrogens (tertiary/aromatic N) is 1. The molecule has 7 heteroatoms. The van der Waals surface area contributed by atoms with E-state index < -0.39 is 22.9 Å². The number of hydrogen-bond donors (Lipinski definition) is 3. The maximum atomic E-state index is 11.6. The highest BCUT2D eigenvalue weighted by Crippen LogP contribution is 2.17. The average molecular weight is 227 g/mol. The molecule has 7 nitrogen and oxygen atoms in total. The van der Waals surface area contributed by atoms with E-state index in [0.717, 1.165) is 0 Å². The molecule has 0 saturated carbocycles. The number of carbonyl (C=O) groups is 2. The molecule has 0 aromatic carbocycles. The lowest BCUT2D eigenvalue weighted by Gasteiger charge is -2.17. The summed E-state index contributed by atoms with van der Waals surface area (Å²) in [6.07, 6.45) is 1.37. The summed E-state index contributed by atoms with van der Waals surface area (Å²) in [4.78, 5) is 33.6. The second-order valence-corrected chi connectivity index (χ2v) is 3.98. The molecule has 0 spiro atoms. The van der Waals surface area contributed by atoms with Crippen molar-refractivity contribution < 1.29 is 14.7 Å². The van der Waals surface area contributed by atoms with Crippen LogP contribution in [0.2, 0.25) is 0 Å². The highest BCUT2D eigenvalue weighted by atomic mass is 16.4. The molecule has 3 N–H and O–H groups in total. The molecule has 0 saturated heterocycles. The van der Waals surface area contributed by atoms with Crippen LogP contribution in [0, 0.1) is 5.41 Å². The number of aliphatic carboxylic acids is 1. The Morgan fingerprint density at radius 1 is 1.50 bits per heavy atom. The van der Waals surface area contributed by atoms with Crippen molar-refractivity contribution in [3.8, 4) is 0 Å². The number of aromatic nitrogens is 2. The molecule has 0 aliphatic heterocycles. The molecule has 0 atom stereocenters. The van der Waals surface area contributed by atoms with E-state index in [9.17, 15) is 14.4 Å². The van der Waals surface area contributed by atoms with Gasteiger partial charge in [-0.25, -0.2) is 0 Å². The SMILES string of the molecule is Cn1cc(NC(=O)C(C)(C)C(=O)O)c(=O)[nH]1. The number of aromatic amines is 1.